The first-order valence-electron chi connectivity index (χ1n) is 11.0. The van der Waals surface area contributed by atoms with Crippen molar-refractivity contribution in [2.75, 3.05) is 0 Å². The average Bonchev–Trinajstić information content (AvgIpc) is 2.92. The third-order valence-corrected chi connectivity index (χ3v) is 6.96. The average molecular weight is 378 g/mol. The summed E-state index contributed by atoms with van der Waals surface area (Å²) in [6, 6.07) is 18.4. The smallest absolute Gasteiger partial charge is 0.0931 e. The summed E-state index contributed by atoms with van der Waals surface area (Å²) in [5.74, 6) is 0.857. The van der Waals surface area contributed by atoms with Gasteiger partial charge in [-0.25, -0.2) is 0 Å². The topological polar surface area (TPSA) is 23.5 Å². The van der Waals surface area contributed by atoms with E-state index in [1.807, 2.05) is 0 Å². The second-order valence-electron chi connectivity index (χ2n) is 9.60. The highest BCUT2D eigenvalue weighted by Crippen LogP contribution is 2.49. The molecule has 0 aliphatic carbocycles. The molecule has 2 saturated heterocycles. The number of hydrogen-bond acceptors (Lipinski definition) is 2. The van der Waals surface area contributed by atoms with Crippen LogP contribution in [0.5, 0.6) is 0 Å². The van der Waals surface area contributed by atoms with Gasteiger partial charge in [-0.3, -0.25) is 4.90 Å². The molecule has 150 valence electrons. The maximum atomic E-state index is 12.0. The van der Waals surface area contributed by atoms with E-state index in [1.165, 1.54) is 35.1 Å². The second kappa shape index (κ2) is 7.65. The van der Waals surface area contributed by atoms with Gasteiger partial charge in [0.2, 0.25) is 0 Å². The Kier molecular flexibility index (Phi) is 5.37. The van der Waals surface area contributed by atoms with Crippen LogP contribution in [-0.4, -0.2) is 22.1 Å². The number of fused-ring (bicyclic) bond motifs is 2. The predicted molar refractivity (Wildman–Crippen MR) is 117 cm³/mol. The molecule has 1 N–H and O–H groups in total. The van der Waals surface area contributed by atoms with E-state index in [0.717, 1.165) is 19.4 Å². The minimum Gasteiger partial charge on any atom is -0.385 e. The zero-order valence-electron chi connectivity index (χ0n) is 17.9. The lowest BCUT2D eigenvalue weighted by molar-refractivity contribution is -0.0608. The van der Waals surface area contributed by atoms with Crippen molar-refractivity contribution < 1.29 is 5.11 Å². The van der Waals surface area contributed by atoms with E-state index in [4.69, 9.17) is 0 Å². The Morgan fingerprint density at radius 3 is 1.89 bits per heavy atom. The van der Waals surface area contributed by atoms with E-state index in [2.05, 4.69) is 81.1 Å². The molecule has 0 aromatic heterocycles. The second-order valence-corrected chi connectivity index (χ2v) is 9.60. The van der Waals surface area contributed by atoms with Crippen molar-refractivity contribution in [3.63, 3.8) is 0 Å². The van der Waals surface area contributed by atoms with Crippen molar-refractivity contribution >= 4 is 0 Å². The minimum atomic E-state index is -0.695. The summed E-state index contributed by atoms with van der Waals surface area (Å²) in [5, 5.41) is 12.0. The van der Waals surface area contributed by atoms with Gasteiger partial charge < -0.3 is 5.11 Å². The van der Waals surface area contributed by atoms with Gasteiger partial charge in [0.1, 0.15) is 0 Å². The maximum absolute atomic E-state index is 12.0. The highest BCUT2D eigenvalue weighted by molar-refractivity contribution is 5.44. The predicted octanol–water partition coefficient (Wildman–Crippen LogP) is 5.95. The molecule has 2 aromatic carbocycles. The van der Waals surface area contributed by atoms with E-state index in [0.29, 0.717) is 23.9 Å². The van der Waals surface area contributed by atoms with Crippen LogP contribution in [0.15, 0.2) is 48.5 Å². The summed E-state index contributed by atoms with van der Waals surface area (Å²) in [4.78, 5) is 2.66. The molecule has 2 bridgehead atoms. The van der Waals surface area contributed by atoms with Gasteiger partial charge in [-0.05, 0) is 59.8 Å². The molecule has 0 radical (unpaired) electrons. The lowest BCUT2D eigenvalue weighted by Gasteiger charge is -2.46. The van der Waals surface area contributed by atoms with Gasteiger partial charge >= 0.3 is 0 Å². The molecule has 2 unspecified atom stereocenters. The molecule has 2 heterocycles. The van der Waals surface area contributed by atoms with Gasteiger partial charge in [-0.1, -0.05) is 76.2 Å². The van der Waals surface area contributed by atoms with Crippen LogP contribution in [-0.2, 0) is 12.1 Å². The standard InChI is InChI=1S/C26H35NO/c1-18(2)23-11-8-12-24(19(3)4)25(23)26(28)15-21-13-14-22(16-26)27(21)17-20-9-6-5-7-10-20/h5-12,18-19,21-22,28H,13-17H2,1-4H3. The largest absolute Gasteiger partial charge is 0.385 e. The first kappa shape index (κ1) is 19.7. The molecule has 0 amide bonds. The number of piperidine rings is 1. The molecule has 4 rings (SSSR count). The normalized spacial score (nSPS) is 27.7. The third kappa shape index (κ3) is 3.53. The third-order valence-electron chi connectivity index (χ3n) is 6.96. The molecule has 2 aliphatic heterocycles. The number of aliphatic hydroxyl groups is 1. The molecule has 2 nitrogen and oxygen atoms in total. The summed E-state index contributed by atoms with van der Waals surface area (Å²) in [5.41, 5.74) is 4.61. The van der Waals surface area contributed by atoms with Crippen LogP contribution in [0, 0.1) is 0 Å². The number of rotatable bonds is 5. The SMILES string of the molecule is CC(C)c1cccc(C(C)C)c1C1(O)CC2CCC(C1)N2Cc1ccccc1. The fourth-order valence-corrected chi connectivity index (χ4v) is 5.66. The van der Waals surface area contributed by atoms with Crippen molar-refractivity contribution in [1.82, 2.24) is 4.90 Å². The van der Waals surface area contributed by atoms with Gasteiger partial charge in [0, 0.05) is 18.6 Å². The van der Waals surface area contributed by atoms with E-state index >= 15 is 0 Å². The van der Waals surface area contributed by atoms with Crippen LogP contribution in [0.3, 0.4) is 0 Å². The van der Waals surface area contributed by atoms with E-state index in [9.17, 15) is 5.11 Å². The Bertz CT molecular complexity index is 770. The molecule has 2 atom stereocenters. The minimum absolute atomic E-state index is 0.428. The van der Waals surface area contributed by atoms with E-state index in [-0.39, 0.29) is 0 Å². The summed E-state index contributed by atoms with van der Waals surface area (Å²) in [7, 11) is 0. The number of benzene rings is 2. The van der Waals surface area contributed by atoms with Crippen molar-refractivity contribution in [3.05, 3.63) is 70.8 Å². The molecular weight excluding hydrogens is 342 g/mol. The zero-order valence-corrected chi connectivity index (χ0v) is 17.9. The summed E-state index contributed by atoms with van der Waals surface area (Å²) in [6.45, 7) is 10.0. The van der Waals surface area contributed by atoms with Crippen molar-refractivity contribution in [3.8, 4) is 0 Å². The van der Waals surface area contributed by atoms with E-state index < -0.39 is 5.60 Å². The summed E-state index contributed by atoms with van der Waals surface area (Å²) < 4.78 is 0. The Morgan fingerprint density at radius 2 is 1.39 bits per heavy atom. The Labute approximate surface area is 170 Å². The maximum Gasteiger partial charge on any atom is 0.0931 e. The van der Waals surface area contributed by atoms with Gasteiger partial charge in [0.15, 0.2) is 0 Å². The zero-order chi connectivity index (χ0) is 19.9. The summed E-state index contributed by atoms with van der Waals surface area (Å²) in [6.07, 6.45) is 4.14. The van der Waals surface area contributed by atoms with Crippen molar-refractivity contribution in [2.45, 2.75) is 89.4 Å². The van der Waals surface area contributed by atoms with Crippen molar-refractivity contribution in [2.24, 2.45) is 0 Å². The van der Waals surface area contributed by atoms with Crippen LogP contribution in [0.1, 0.15) is 87.5 Å². The van der Waals surface area contributed by atoms with Crippen LogP contribution in [0.2, 0.25) is 0 Å². The highest BCUT2D eigenvalue weighted by atomic mass is 16.3. The molecular formula is C26H35NO. The van der Waals surface area contributed by atoms with Crippen molar-refractivity contribution in [1.29, 1.82) is 0 Å². The monoisotopic (exact) mass is 377 g/mol. The quantitative estimate of drug-likeness (QED) is 0.696. The van der Waals surface area contributed by atoms with Crippen LogP contribution in [0.25, 0.3) is 0 Å². The molecule has 0 spiro atoms. The van der Waals surface area contributed by atoms with Gasteiger partial charge in [-0.2, -0.15) is 0 Å². The molecule has 2 heteroatoms. The number of nitrogens with zero attached hydrogens (tertiary/aromatic N) is 1. The first-order chi connectivity index (χ1) is 13.4. The fourth-order valence-electron chi connectivity index (χ4n) is 5.66. The lowest BCUT2D eigenvalue weighted by atomic mass is 9.73. The lowest BCUT2D eigenvalue weighted by Crippen LogP contribution is -2.49. The molecule has 2 aliphatic rings. The molecule has 2 fully saturated rings. The molecule has 0 saturated carbocycles. The Balaban J connectivity index is 1.67. The Morgan fingerprint density at radius 1 is 0.857 bits per heavy atom. The van der Waals surface area contributed by atoms with Crippen LogP contribution in [0.4, 0.5) is 0 Å². The highest BCUT2D eigenvalue weighted by Gasteiger charge is 2.49. The van der Waals surface area contributed by atoms with Gasteiger partial charge in [0.05, 0.1) is 5.60 Å². The van der Waals surface area contributed by atoms with Crippen LogP contribution >= 0.6 is 0 Å². The van der Waals surface area contributed by atoms with E-state index in [1.54, 1.807) is 0 Å². The van der Waals surface area contributed by atoms with Gasteiger partial charge in [-0.15, -0.1) is 0 Å². The molecule has 2 aromatic rings. The van der Waals surface area contributed by atoms with Gasteiger partial charge in [0.25, 0.3) is 0 Å². The Hall–Kier alpha value is -1.64. The number of hydrogen-bond donors (Lipinski definition) is 1. The first-order valence-corrected chi connectivity index (χ1v) is 11.0. The molecule has 28 heavy (non-hydrogen) atoms. The van der Waals surface area contributed by atoms with Crippen LogP contribution < -0.4 is 0 Å². The fraction of sp³-hybridized carbons (Fsp3) is 0.538. The summed E-state index contributed by atoms with van der Waals surface area (Å²) >= 11 is 0.